The number of nitrogens with zero attached hydrogens (tertiary/aromatic N) is 1. The van der Waals surface area contributed by atoms with E-state index in [1.165, 1.54) is 4.88 Å². The minimum Gasteiger partial charge on any atom is -0.372 e. The van der Waals surface area contributed by atoms with E-state index < -0.39 is 0 Å². The van der Waals surface area contributed by atoms with Crippen LogP contribution in [0, 0.1) is 0 Å². The number of piperidine rings is 1. The van der Waals surface area contributed by atoms with Gasteiger partial charge in [0, 0.05) is 12.6 Å². The molecule has 0 aliphatic carbocycles. The van der Waals surface area contributed by atoms with Crippen molar-refractivity contribution in [1.29, 1.82) is 0 Å². The summed E-state index contributed by atoms with van der Waals surface area (Å²) in [5.74, 6) is 0. The molecule has 1 atom stereocenters. The molecule has 94 valence electrons. The monoisotopic (exact) mass is 254 g/mol. The van der Waals surface area contributed by atoms with Gasteiger partial charge in [0.1, 0.15) is 0 Å². The Morgan fingerprint density at radius 1 is 1.53 bits per heavy atom. The van der Waals surface area contributed by atoms with E-state index in [1.807, 2.05) is 11.7 Å². The van der Waals surface area contributed by atoms with Crippen LogP contribution >= 0.6 is 11.3 Å². The van der Waals surface area contributed by atoms with Crippen LogP contribution in [-0.2, 0) is 16.1 Å². The van der Waals surface area contributed by atoms with Crippen LogP contribution in [-0.4, -0.2) is 36.4 Å². The standard InChI is InChI=1S/C12H18N2O2S/c1-3-13-4-2-12(1)5-10(7-16-12)15-8-11-6-14-9-17-11/h6,9-10,13H,1-5,7-8H2. The Balaban J connectivity index is 1.50. The lowest BCUT2D eigenvalue weighted by atomic mass is 9.89. The summed E-state index contributed by atoms with van der Waals surface area (Å²) in [5.41, 5.74) is 1.95. The van der Waals surface area contributed by atoms with E-state index in [9.17, 15) is 0 Å². The van der Waals surface area contributed by atoms with Gasteiger partial charge in [0.15, 0.2) is 0 Å². The van der Waals surface area contributed by atoms with E-state index >= 15 is 0 Å². The minimum absolute atomic E-state index is 0.101. The summed E-state index contributed by atoms with van der Waals surface area (Å²) in [5, 5.41) is 3.38. The van der Waals surface area contributed by atoms with Crippen molar-refractivity contribution in [2.45, 2.75) is 37.6 Å². The second kappa shape index (κ2) is 5.02. The predicted molar refractivity (Wildman–Crippen MR) is 66.1 cm³/mol. The van der Waals surface area contributed by atoms with Crippen molar-refractivity contribution < 1.29 is 9.47 Å². The van der Waals surface area contributed by atoms with Gasteiger partial charge in [0.25, 0.3) is 0 Å². The van der Waals surface area contributed by atoms with Crippen molar-refractivity contribution >= 4 is 11.3 Å². The Morgan fingerprint density at radius 2 is 2.41 bits per heavy atom. The quantitative estimate of drug-likeness (QED) is 0.889. The highest BCUT2D eigenvalue weighted by Crippen LogP contribution is 2.35. The summed E-state index contributed by atoms with van der Waals surface area (Å²) in [7, 11) is 0. The fourth-order valence-electron chi connectivity index (χ4n) is 2.65. The van der Waals surface area contributed by atoms with Gasteiger partial charge in [-0.2, -0.15) is 0 Å². The van der Waals surface area contributed by atoms with E-state index in [1.54, 1.807) is 11.3 Å². The highest BCUT2D eigenvalue weighted by molar-refractivity contribution is 7.09. The highest BCUT2D eigenvalue weighted by Gasteiger charge is 2.41. The summed E-state index contributed by atoms with van der Waals surface area (Å²) in [6.07, 6.45) is 5.42. The molecule has 0 saturated carbocycles. The van der Waals surface area contributed by atoms with Crippen LogP contribution in [0.4, 0.5) is 0 Å². The molecular formula is C12H18N2O2S. The van der Waals surface area contributed by atoms with Crippen LogP contribution < -0.4 is 5.32 Å². The molecule has 2 aliphatic heterocycles. The molecule has 3 heterocycles. The summed E-state index contributed by atoms with van der Waals surface area (Å²) < 4.78 is 11.9. The van der Waals surface area contributed by atoms with E-state index in [2.05, 4.69) is 10.3 Å². The normalized spacial score (nSPS) is 27.6. The number of aromatic nitrogens is 1. The average Bonchev–Trinajstić information content (AvgIpc) is 2.98. The average molecular weight is 254 g/mol. The summed E-state index contributed by atoms with van der Waals surface area (Å²) >= 11 is 1.65. The topological polar surface area (TPSA) is 43.4 Å². The molecular weight excluding hydrogens is 236 g/mol. The third-order valence-corrected chi connectivity index (χ3v) is 4.39. The van der Waals surface area contributed by atoms with Gasteiger partial charge in [-0.15, -0.1) is 11.3 Å². The molecule has 17 heavy (non-hydrogen) atoms. The molecule has 2 saturated heterocycles. The summed E-state index contributed by atoms with van der Waals surface area (Å²) in [6, 6.07) is 0. The first-order valence-corrected chi connectivity index (χ1v) is 7.08. The molecule has 2 aliphatic rings. The number of hydrogen-bond donors (Lipinski definition) is 1. The molecule has 2 fully saturated rings. The molecule has 0 bridgehead atoms. The molecule has 3 rings (SSSR count). The van der Waals surface area contributed by atoms with Crippen molar-refractivity contribution in [3.63, 3.8) is 0 Å². The number of hydrogen-bond acceptors (Lipinski definition) is 5. The molecule has 5 heteroatoms. The SMILES string of the molecule is c1ncc(COC2COC3(CCNCC3)C2)s1. The zero-order valence-electron chi connectivity index (χ0n) is 9.85. The zero-order valence-corrected chi connectivity index (χ0v) is 10.7. The summed E-state index contributed by atoms with van der Waals surface area (Å²) in [4.78, 5) is 5.24. The van der Waals surface area contributed by atoms with Crippen LogP contribution in [0.25, 0.3) is 0 Å². The number of ether oxygens (including phenoxy) is 2. The Hall–Kier alpha value is -0.490. The van der Waals surface area contributed by atoms with E-state index in [4.69, 9.17) is 9.47 Å². The van der Waals surface area contributed by atoms with Gasteiger partial charge < -0.3 is 14.8 Å². The molecule has 4 nitrogen and oxygen atoms in total. The first-order chi connectivity index (χ1) is 8.36. The Bertz CT molecular complexity index is 349. The largest absolute Gasteiger partial charge is 0.372 e. The molecule has 1 unspecified atom stereocenters. The second-order valence-electron chi connectivity index (χ2n) is 4.85. The van der Waals surface area contributed by atoms with E-state index in [-0.39, 0.29) is 11.7 Å². The van der Waals surface area contributed by atoms with Gasteiger partial charge in [0.2, 0.25) is 0 Å². The van der Waals surface area contributed by atoms with Crippen LogP contribution in [0.3, 0.4) is 0 Å². The van der Waals surface area contributed by atoms with Crippen LogP contribution in [0.15, 0.2) is 11.7 Å². The Labute approximate surface area is 105 Å². The fraction of sp³-hybridized carbons (Fsp3) is 0.750. The van der Waals surface area contributed by atoms with Crippen molar-refractivity contribution in [2.75, 3.05) is 19.7 Å². The van der Waals surface area contributed by atoms with Gasteiger partial charge in [-0.1, -0.05) is 0 Å². The second-order valence-corrected chi connectivity index (χ2v) is 5.82. The van der Waals surface area contributed by atoms with Gasteiger partial charge in [-0.3, -0.25) is 4.98 Å². The minimum atomic E-state index is 0.101. The molecule has 0 amide bonds. The third kappa shape index (κ3) is 2.68. The van der Waals surface area contributed by atoms with Crippen LogP contribution in [0.1, 0.15) is 24.1 Å². The molecule has 0 aromatic carbocycles. The molecule has 0 radical (unpaired) electrons. The van der Waals surface area contributed by atoms with Crippen molar-refractivity contribution in [2.24, 2.45) is 0 Å². The van der Waals surface area contributed by atoms with E-state index in [0.717, 1.165) is 39.0 Å². The Morgan fingerprint density at radius 3 is 3.18 bits per heavy atom. The van der Waals surface area contributed by atoms with Gasteiger partial charge in [-0.25, -0.2) is 0 Å². The lowest BCUT2D eigenvalue weighted by Gasteiger charge is -2.32. The maximum absolute atomic E-state index is 5.99. The van der Waals surface area contributed by atoms with E-state index in [0.29, 0.717) is 6.61 Å². The highest BCUT2D eigenvalue weighted by atomic mass is 32.1. The fourth-order valence-corrected chi connectivity index (χ4v) is 3.17. The predicted octanol–water partition coefficient (Wildman–Crippen LogP) is 1.57. The first kappa shape index (κ1) is 11.6. The molecule has 1 spiro atoms. The van der Waals surface area contributed by atoms with Crippen LogP contribution in [0.2, 0.25) is 0 Å². The molecule has 1 N–H and O–H groups in total. The maximum Gasteiger partial charge on any atom is 0.0841 e. The van der Waals surface area contributed by atoms with Crippen molar-refractivity contribution in [3.8, 4) is 0 Å². The van der Waals surface area contributed by atoms with Crippen LogP contribution in [0.5, 0.6) is 0 Å². The zero-order chi connectivity index (χ0) is 11.6. The molecule has 1 aromatic rings. The lowest BCUT2D eigenvalue weighted by molar-refractivity contribution is -0.0240. The van der Waals surface area contributed by atoms with Gasteiger partial charge in [-0.05, 0) is 25.9 Å². The summed E-state index contributed by atoms with van der Waals surface area (Å²) in [6.45, 7) is 3.56. The number of rotatable bonds is 3. The van der Waals surface area contributed by atoms with Gasteiger partial charge in [0.05, 0.1) is 35.3 Å². The third-order valence-electron chi connectivity index (χ3n) is 3.63. The molecule has 1 aromatic heterocycles. The number of nitrogens with one attached hydrogen (secondary N) is 1. The van der Waals surface area contributed by atoms with Crippen molar-refractivity contribution in [3.05, 3.63) is 16.6 Å². The smallest absolute Gasteiger partial charge is 0.0841 e. The van der Waals surface area contributed by atoms with Gasteiger partial charge >= 0.3 is 0 Å². The maximum atomic E-state index is 5.99. The number of thiazole rings is 1. The Kier molecular flexibility index (Phi) is 3.42. The lowest BCUT2D eigenvalue weighted by Crippen LogP contribution is -2.41. The first-order valence-electron chi connectivity index (χ1n) is 6.20. The van der Waals surface area contributed by atoms with Crippen molar-refractivity contribution in [1.82, 2.24) is 10.3 Å².